The fourth-order valence-corrected chi connectivity index (χ4v) is 4.93. The zero-order valence-corrected chi connectivity index (χ0v) is 21.2. The number of hydrogen-bond acceptors (Lipinski definition) is 2. The molecule has 0 aliphatic carbocycles. The Labute approximate surface area is 213 Å². The maximum Gasteiger partial charge on any atom is 0.122 e. The van der Waals surface area contributed by atoms with Gasteiger partial charge >= 0.3 is 0 Å². The first-order chi connectivity index (χ1) is 17.2. The van der Waals surface area contributed by atoms with Crippen LogP contribution in [0.25, 0.3) is 11.1 Å². The van der Waals surface area contributed by atoms with Crippen molar-refractivity contribution in [3.63, 3.8) is 0 Å². The molecule has 4 nitrogen and oxygen atoms in total. The van der Waals surface area contributed by atoms with Gasteiger partial charge in [0.05, 0.1) is 0 Å². The second-order valence-corrected chi connectivity index (χ2v) is 9.27. The van der Waals surface area contributed by atoms with Crippen molar-refractivity contribution in [2.75, 3.05) is 0 Å². The van der Waals surface area contributed by atoms with Crippen molar-refractivity contribution in [1.82, 2.24) is 0 Å². The second-order valence-electron chi connectivity index (χ2n) is 9.27. The molecule has 0 atom stereocenters. The molecule has 0 aliphatic heterocycles. The Morgan fingerprint density at radius 3 is 1.11 bits per heavy atom. The minimum atomic E-state index is 0.0226. The van der Waals surface area contributed by atoms with Crippen LogP contribution < -0.4 is 11.5 Å². The number of hydrogen-bond donors (Lipinski definition) is 4. The monoisotopic (exact) mass is 472 g/mol. The van der Waals surface area contributed by atoms with E-state index in [9.17, 15) is 0 Å². The summed E-state index contributed by atoms with van der Waals surface area (Å²) in [4.78, 5) is 0. The molecular formula is C32H32N4. The normalized spacial score (nSPS) is 10.7. The standard InChI is InChI=1S/C32H32N4/c1-19-9-5-10-20(2)27(19)30(28-21(3)11-6-12-22(28)4)29(23-13-7-15-25(17-23)31(33)34)24-14-8-16-26(18-24)32(35)36/h5-18H,1-4H3,(H3,33,34)(H3,35,36). The van der Waals surface area contributed by atoms with Gasteiger partial charge in [-0.25, -0.2) is 0 Å². The van der Waals surface area contributed by atoms with Gasteiger partial charge in [0.2, 0.25) is 0 Å². The van der Waals surface area contributed by atoms with Crippen LogP contribution in [0.1, 0.15) is 55.6 Å². The third kappa shape index (κ3) is 4.71. The summed E-state index contributed by atoms with van der Waals surface area (Å²) in [6.45, 7) is 8.58. The first-order valence-electron chi connectivity index (χ1n) is 12.0. The van der Waals surface area contributed by atoms with Crippen LogP contribution >= 0.6 is 0 Å². The van der Waals surface area contributed by atoms with Crippen LogP contribution in [-0.4, -0.2) is 11.7 Å². The fourth-order valence-electron chi connectivity index (χ4n) is 4.93. The molecule has 0 amide bonds. The van der Waals surface area contributed by atoms with Crippen molar-refractivity contribution in [1.29, 1.82) is 10.8 Å². The molecule has 0 aromatic heterocycles. The number of aryl methyl sites for hydroxylation is 4. The van der Waals surface area contributed by atoms with Crippen molar-refractivity contribution in [2.45, 2.75) is 27.7 Å². The zero-order chi connectivity index (χ0) is 26.0. The van der Waals surface area contributed by atoms with Crippen molar-refractivity contribution in [3.05, 3.63) is 141 Å². The van der Waals surface area contributed by atoms with Crippen LogP contribution in [0.3, 0.4) is 0 Å². The van der Waals surface area contributed by atoms with Gasteiger partial charge in [0.25, 0.3) is 0 Å². The van der Waals surface area contributed by atoms with Gasteiger partial charge in [-0.2, -0.15) is 0 Å². The van der Waals surface area contributed by atoms with Crippen molar-refractivity contribution in [2.24, 2.45) is 11.5 Å². The van der Waals surface area contributed by atoms with Crippen LogP contribution in [0, 0.1) is 38.5 Å². The van der Waals surface area contributed by atoms with E-state index in [-0.39, 0.29) is 11.7 Å². The Balaban J connectivity index is 2.27. The van der Waals surface area contributed by atoms with E-state index in [4.69, 9.17) is 22.3 Å². The van der Waals surface area contributed by atoms with Gasteiger partial charge in [-0.3, -0.25) is 10.8 Å². The third-order valence-electron chi connectivity index (χ3n) is 6.64. The van der Waals surface area contributed by atoms with Crippen molar-refractivity contribution >= 4 is 22.8 Å². The molecule has 0 bridgehead atoms. The van der Waals surface area contributed by atoms with E-state index in [1.165, 1.54) is 33.4 Å². The summed E-state index contributed by atoms with van der Waals surface area (Å²) in [6, 6.07) is 28.4. The molecule has 36 heavy (non-hydrogen) atoms. The Morgan fingerprint density at radius 2 is 0.778 bits per heavy atom. The number of nitrogen functional groups attached to an aromatic ring is 2. The predicted octanol–water partition coefficient (Wildman–Crippen LogP) is 6.50. The summed E-state index contributed by atoms with van der Waals surface area (Å²) in [7, 11) is 0. The highest BCUT2D eigenvalue weighted by Crippen LogP contribution is 2.41. The van der Waals surface area contributed by atoms with Gasteiger partial charge in [0.15, 0.2) is 0 Å². The van der Waals surface area contributed by atoms with Crippen LogP contribution in [0.4, 0.5) is 0 Å². The Hall–Kier alpha value is -4.44. The van der Waals surface area contributed by atoms with Crippen LogP contribution in [-0.2, 0) is 0 Å². The molecule has 0 saturated carbocycles. The van der Waals surface area contributed by atoms with Gasteiger partial charge in [0, 0.05) is 11.1 Å². The van der Waals surface area contributed by atoms with E-state index >= 15 is 0 Å². The smallest absolute Gasteiger partial charge is 0.122 e. The lowest BCUT2D eigenvalue weighted by Gasteiger charge is -2.24. The average molecular weight is 473 g/mol. The van der Waals surface area contributed by atoms with E-state index in [1.54, 1.807) is 0 Å². The highest BCUT2D eigenvalue weighted by molar-refractivity contribution is 6.08. The summed E-state index contributed by atoms with van der Waals surface area (Å²) in [5, 5.41) is 16.1. The number of benzene rings is 4. The average Bonchev–Trinajstić information content (AvgIpc) is 2.84. The predicted molar refractivity (Wildman–Crippen MR) is 152 cm³/mol. The lowest BCUT2D eigenvalue weighted by atomic mass is 9.79. The Kier molecular flexibility index (Phi) is 6.89. The van der Waals surface area contributed by atoms with Crippen molar-refractivity contribution < 1.29 is 0 Å². The number of rotatable bonds is 6. The lowest BCUT2D eigenvalue weighted by Crippen LogP contribution is -2.12. The van der Waals surface area contributed by atoms with Crippen LogP contribution in [0.15, 0.2) is 84.9 Å². The topological polar surface area (TPSA) is 99.7 Å². The molecule has 0 unspecified atom stereocenters. The quantitative estimate of drug-likeness (QED) is 0.146. The van der Waals surface area contributed by atoms with Gasteiger partial charge < -0.3 is 11.5 Å². The molecule has 6 N–H and O–H groups in total. The molecule has 0 saturated heterocycles. The fraction of sp³-hybridized carbons (Fsp3) is 0.125. The molecule has 4 rings (SSSR count). The molecular weight excluding hydrogens is 440 g/mol. The number of nitrogens with one attached hydrogen (secondary N) is 2. The highest BCUT2D eigenvalue weighted by atomic mass is 14.7. The van der Waals surface area contributed by atoms with E-state index < -0.39 is 0 Å². The lowest BCUT2D eigenvalue weighted by molar-refractivity contribution is 1.29. The molecule has 4 aromatic rings. The largest absolute Gasteiger partial charge is 0.384 e. The summed E-state index contributed by atoms with van der Waals surface area (Å²) in [5.41, 5.74) is 24.2. The number of nitrogens with two attached hydrogens (primary N) is 2. The van der Waals surface area contributed by atoms with Crippen LogP contribution in [0.5, 0.6) is 0 Å². The highest BCUT2D eigenvalue weighted by Gasteiger charge is 2.22. The minimum absolute atomic E-state index is 0.0226. The molecule has 0 aliphatic rings. The summed E-state index contributed by atoms with van der Waals surface area (Å²) in [5.74, 6) is 0.0452. The molecule has 4 heteroatoms. The summed E-state index contributed by atoms with van der Waals surface area (Å²) >= 11 is 0. The Bertz CT molecular complexity index is 1370. The first-order valence-corrected chi connectivity index (χ1v) is 12.0. The molecule has 180 valence electrons. The van der Waals surface area contributed by atoms with E-state index in [0.29, 0.717) is 11.1 Å². The van der Waals surface area contributed by atoms with Crippen LogP contribution in [0.2, 0.25) is 0 Å². The maximum absolute atomic E-state index is 8.06. The third-order valence-corrected chi connectivity index (χ3v) is 6.64. The molecule has 0 radical (unpaired) electrons. The summed E-state index contributed by atoms with van der Waals surface area (Å²) < 4.78 is 0. The van der Waals surface area contributed by atoms with E-state index in [0.717, 1.165) is 22.3 Å². The number of amidine groups is 2. The maximum atomic E-state index is 8.06. The molecule has 0 spiro atoms. The van der Waals surface area contributed by atoms with E-state index in [1.807, 2.05) is 36.4 Å². The second kappa shape index (κ2) is 10.0. The van der Waals surface area contributed by atoms with Gasteiger partial charge in [-0.1, -0.05) is 72.8 Å². The SMILES string of the molecule is Cc1cccc(C)c1C(=C(c1cccc(C(=N)N)c1)c1cccc(C(=N)N)c1)c1c(C)cccc1C. The van der Waals surface area contributed by atoms with Gasteiger partial charge in [0.1, 0.15) is 11.7 Å². The van der Waals surface area contributed by atoms with Gasteiger partial charge in [-0.15, -0.1) is 0 Å². The van der Waals surface area contributed by atoms with Crippen molar-refractivity contribution in [3.8, 4) is 0 Å². The molecule has 0 heterocycles. The van der Waals surface area contributed by atoms with E-state index in [2.05, 4.69) is 76.2 Å². The zero-order valence-electron chi connectivity index (χ0n) is 21.2. The summed E-state index contributed by atoms with van der Waals surface area (Å²) in [6.07, 6.45) is 0. The van der Waals surface area contributed by atoms with Gasteiger partial charge in [-0.05, 0) is 95.5 Å². The molecule has 4 aromatic carbocycles. The Morgan fingerprint density at radius 1 is 0.472 bits per heavy atom. The minimum Gasteiger partial charge on any atom is -0.384 e. The molecule has 0 fully saturated rings. The first kappa shape index (κ1) is 24.7.